The Morgan fingerprint density at radius 3 is 2.75 bits per heavy atom. The van der Waals surface area contributed by atoms with Gasteiger partial charge >= 0.3 is 0 Å². The van der Waals surface area contributed by atoms with Gasteiger partial charge in [0.25, 0.3) is 0 Å². The molecule has 3 rings (SSSR count). The molecule has 1 heterocycles. The smallest absolute Gasteiger partial charge is 0.146 e. The van der Waals surface area contributed by atoms with Crippen molar-refractivity contribution >= 4 is 17.3 Å². The largest absolute Gasteiger partial charge is 0.365 e. The quantitative estimate of drug-likeness (QED) is 0.626. The van der Waals surface area contributed by atoms with E-state index in [0.29, 0.717) is 17.4 Å². The number of likely N-dealkylation sites (N-methyl/N-ethyl adjacent to an activating group) is 1. The molecular weight excluding hydrogens is 374 g/mol. The van der Waals surface area contributed by atoms with E-state index in [-0.39, 0.29) is 12.1 Å². The number of likely N-dealkylation sites (tertiary alicyclic amines) is 1. The monoisotopic (exact) mass is 399 g/mol. The molecule has 0 bridgehead atoms. The van der Waals surface area contributed by atoms with Crippen LogP contribution < -0.4 is 4.90 Å². The van der Waals surface area contributed by atoms with Crippen molar-refractivity contribution in [2.75, 3.05) is 45.5 Å². The van der Waals surface area contributed by atoms with Crippen molar-refractivity contribution in [3.63, 3.8) is 0 Å². The van der Waals surface area contributed by atoms with Crippen LogP contribution in [0.3, 0.4) is 0 Å². The number of methoxy groups -OCH3 is 1. The second-order valence-electron chi connectivity index (χ2n) is 7.06. The molecule has 5 nitrogen and oxygen atoms in total. The Labute approximate surface area is 172 Å². The van der Waals surface area contributed by atoms with E-state index in [1.165, 1.54) is 5.56 Å². The Morgan fingerprint density at radius 2 is 2.07 bits per heavy atom. The molecule has 28 heavy (non-hydrogen) atoms. The first-order chi connectivity index (χ1) is 13.6. The Kier molecular flexibility index (Phi) is 7.30. The number of rotatable bonds is 8. The van der Waals surface area contributed by atoms with Crippen LogP contribution in [0.2, 0.25) is 5.02 Å². The van der Waals surface area contributed by atoms with Crippen LogP contribution in [0.4, 0.5) is 5.69 Å². The number of nitrogens with zero attached hydrogens (tertiary/aromatic N) is 3. The van der Waals surface area contributed by atoms with Crippen LogP contribution in [-0.4, -0.2) is 51.6 Å². The van der Waals surface area contributed by atoms with Crippen LogP contribution >= 0.6 is 11.6 Å². The lowest BCUT2D eigenvalue weighted by molar-refractivity contribution is -0.0671. The van der Waals surface area contributed by atoms with E-state index in [4.69, 9.17) is 26.3 Å². The van der Waals surface area contributed by atoms with E-state index in [2.05, 4.69) is 47.2 Å². The van der Waals surface area contributed by atoms with Gasteiger partial charge in [0, 0.05) is 33.8 Å². The third-order valence-electron chi connectivity index (χ3n) is 5.19. The third-order valence-corrected chi connectivity index (χ3v) is 5.49. The number of hydrogen-bond acceptors (Lipinski definition) is 5. The lowest BCUT2D eigenvalue weighted by Crippen LogP contribution is -2.36. The first-order valence-electron chi connectivity index (χ1n) is 9.42. The molecule has 1 aliphatic rings. The molecular formula is C22H26ClN3O2. The molecule has 0 amide bonds. The molecule has 0 spiro atoms. The van der Waals surface area contributed by atoms with Gasteiger partial charge in [-0.1, -0.05) is 41.9 Å². The summed E-state index contributed by atoms with van der Waals surface area (Å²) in [5.74, 6) is 0. The molecule has 2 aromatic carbocycles. The van der Waals surface area contributed by atoms with Crippen molar-refractivity contribution in [3.8, 4) is 6.07 Å². The van der Waals surface area contributed by atoms with Gasteiger partial charge < -0.3 is 14.4 Å². The van der Waals surface area contributed by atoms with Gasteiger partial charge in [-0.05, 0) is 30.2 Å². The topological polar surface area (TPSA) is 48.7 Å². The second-order valence-corrected chi connectivity index (χ2v) is 7.47. The molecule has 0 unspecified atom stereocenters. The predicted octanol–water partition coefficient (Wildman–Crippen LogP) is 4.08. The average Bonchev–Trinajstić information content (AvgIpc) is 3.18. The molecule has 2 aromatic rings. The molecule has 0 aromatic heterocycles. The van der Waals surface area contributed by atoms with Crippen molar-refractivity contribution in [2.24, 2.45) is 0 Å². The van der Waals surface area contributed by atoms with Gasteiger partial charge in [-0.25, -0.2) is 0 Å². The lowest BCUT2D eigenvalue weighted by atomic mass is 10.0. The van der Waals surface area contributed by atoms with Crippen molar-refractivity contribution < 1.29 is 9.47 Å². The molecule has 0 saturated carbocycles. The maximum Gasteiger partial charge on any atom is 0.146 e. The Balaban J connectivity index is 1.79. The molecule has 0 N–H and O–H groups in total. The number of nitriles is 1. The van der Waals surface area contributed by atoms with E-state index < -0.39 is 0 Å². The highest BCUT2D eigenvalue weighted by molar-refractivity contribution is 6.33. The van der Waals surface area contributed by atoms with Crippen LogP contribution in [0.5, 0.6) is 0 Å². The molecule has 0 aliphatic carbocycles. The maximum atomic E-state index is 9.11. The summed E-state index contributed by atoms with van der Waals surface area (Å²) in [6.45, 7) is 3.08. The van der Waals surface area contributed by atoms with Gasteiger partial charge in [-0.3, -0.25) is 4.90 Å². The maximum absolute atomic E-state index is 9.11. The van der Waals surface area contributed by atoms with E-state index >= 15 is 0 Å². The first kappa shape index (κ1) is 20.6. The summed E-state index contributed by atoms with van der Waals surface area (Å²) in [5.41, 5.74) is 2.71. The molecule has 1 aliphatic heterocycles. The van der Waals surface area contributed by atoms with Crippen LogP contribution in [0.25, 0.3) is 0 Å². The van der Waals surface area contributed by atoms with Crippen molar-refractivity contribution in [3.05, 3.63) is 64.7 Å². The Hall–Kier alpha value is -2.10. The van der Waals surface area contributed by atoms with Crippen LogP contribution in [0.15, 0.2) is 48.5 Å². The zero-order valence-corrected chi connectivity index (χ0v) is 17.1. The average molecular weight is 400 g/mol. The van der Waals surface area contributed by atoms with E-state index in [1.54, 1.807) is 13.2 Å². The van der Waals surface area contributed by atoms with Gasteiger partial charge in [0.15, 0.2) is 0 Å². The van der Waals surface area contributed by atoms with E-state index in [1.807, 2.05) is 18.2 Å². The number of halogens is 1. The number of benzene rings is 2. The lowest BCUT2D eigenvalue weighted by Gasteiger charge is -2.34. The number of anilines is 1. The van der Waals surface area contributed by atoms with Crippen LogP contribution in [-0.2, 0) is 9.47 Å². The minimum absolute atomic E-state index is 0.132. The summed E-state index contributed by atoms with van der Waals surface area (Å²) < 4.78 is 10.8. The minimum Gasteiger partial charge on any atom is -0.365 e. The van der Waals surface area contributed by atoms with E-state index in [9.17, 15) is 0 Å². The highest BCUT2D eigenvalue weighted by atomic mass is 35.5. The number of ether oxygens (including phenoxy) is 2. The standard InChI is InChI=1S/C22H26ClN3O2/c1-25(21-9-8-17(13-24)12-20(21)23)22(18-6-4-3-5-7-18)15-26-11-10-19(14-26)28-16-27-2/h3-9,12,19,22H,10-11,14-16H2,1-2H3/t19-,22+/m0/s1. The molecule has 148 valence electrons. The second kappa shape index (κ2) is 9.90. The van der Waals surface area contributed by atoms with Crippen LogP contribution in [0.1, 0.15) is 23.6 Å². The van der Waals surface area contributed by atoms with Gasteiger partial charge in [0.2, 0.25) is 0 Å². The summed E-state index contributed by atoms with van der Waals surface area (Å²) in [4.78, 5) is 4.62. The zero-order chi connectivity index (χ0) is 19.9. The van der Waals surface area contributed by atoms with Crippen molar-refractivity contribution in [1.82, 2.24) is 4.90 Å². The van der Waals surface area contributed by atoms with Gasteiger partial charge in [0.1, 0.15) is 6.79 Å². The third kappa shape index (κ3) is 5.03. The normalized spacial score (nSPS) is 18.0. The van der Waals surface area contributed by atoms with Gasteiger partial charge in [-0.15, -0.1) is 0 Å². The SMILES string of the molecule is COCO[C@H]1CCN(C[C@H](c2ccccc2)N(C)c2ccc(C#N)cc2Cl)C1. The fourth-order valence-corrected chi connectivity index (χ4v) is 3.98. The first-order valence-corrected chi connectivity index (χ1v) is 9.80. The van der Waals surface area contributed by atoms with Crippen molar-refractivity contribution in [2.45, 2.75) is 18.6 Å². The highest BCUT2D eigenvalue weighted by Gasteiger charge is 2.28. The molecule has 2 atom stereocenters. The molecule has 0 radical (unpaired) electrons. The Morgan fingerprint density at radius 1 is 1.29 bits per heavy atom. The highest BCUT2D eigenvalue weighted by Crippen LogP contribution is 2.33. The Bertz CT molecular complexity index is 809. The van der Waals surface area contributed by atoms with E-state index in [0.717, 1.165) is 31.7 Å². The molecule has 6 heteroatoms. The number of hydrogen-bond donors (Lipinski definition) is 0. The van der Waals surface area contributed by atoms with Gasteiger partial charge in [-0.2, -0.15) is 5.26 Å². The summed E-state index contributed by atoms with van der Waals surface area (Å²) in [5, 5.41) is 9.69. The predicted molar refractivity (Wildman–Crippen MR) is 112 cm³/mol. The van der Waals surface area contributed by atoms with Crippen molar-refractivity contribution in [1.29, 1.82) is 5.26 Å². The minimum atomic E-state index is 0.132. The molecule has 1 saturated heterocycles. The zero-order valence-electron chi connectivity index (χ0n) is 16.3. The van der Waals surface area contributed by atoms with Gasteiger partial charge in [0.05, 0.1) is 34.5 Å². The summed E-state index contributed by atoms with van der Waals surface area (Å²) in [7, 11) is 3.70. The fourth-order valence-electron chi connectivity index (χ4n) is 3.66. The fraction of sp³-hybridized carbons (Fsp3) is 0.409. The summed E-state index contributed by atoms with van der Waals surface area (Å²) >= 11 is 6.49. The summed E-state index contributed by atoms with van der Waals surface area (Å²) in [6.07, 6.45) is 1.21. The van der Waals surface area contributed by atoms with Crippen LogP contribution in [0, 0.1) is 11.3 Å². The molecule has 1 fully saturated rings. The summed E-state index contributed by atoms with van der Waals surface area (Å²) in [6, 6.07) is 18.2.